The van der Waals surface area contributed by atoms with Gasteiger partial charge >= 0.3 is 11.9 Å². The maximum absolute atomic E-state index is 14.9. The van der Waals surface area contributed by atoms with Crippen molar-refractivity contribution < 1.29 is 19.1 Å². The quantitative estimate of drug-likeness (QED) is 0.0215. The van der Waals surface area contributed by atoms with Gasteiger partial charge in [-0.15, -0.1) is 34.0 Å². The summed E-state index contributed by atoms with van der Waals surface area (Å²) in [6.45, 7) is 28.1. The van der Waals surface area contributed by atoms with Crippen LogP contribution in [0.4, 0.5) is 0 Å². The highest BCUT2D eigenvalue weighted by Crippen LogP contribution is 2.46. The van der Waals surface area contributed by atoms with Gasteiger partial charge in [-0.25, -0.2) is 9.64 Å². The number of fused-ring (bicyclic) bond motifs is 2. The fourth-order valence-corrected chi connectivity index (χ4v) is 18.9. The van der Waals surface area contributed by atoms with Crippen LogP contribution >= 0.6 is 34.0 Å². The summed E-state index contributed by atoms with van der Waals surface area (Å²) in [6.07, 6.45) is 57.5. The summed E-state index contributed by atoms with van der Waals surface area (Å²) in [6, 6.07) is 24.8. The molecule has 0 unspecified atom stereocenters. The molecule has 11 heteroatoms. The standard InChI is InChI=1S/C92H134N4O4S3/c1-10-16-20-24-28-32-36-38-40-44-48-52-56-73-68-84(101-72(73)8)81-62-63-82(102-81)90-75(57-53-49-45-41-39-37-33-29-25-21-17-11-2)69-83(103-90)74-59-61-77-80(67-74)96(15-6)89(86(77)87(94-9)92(98)100-65-55-51-47-43-35-31-27-23-19-13-4)88-85(76-60-58-71(7)66-79(76)95(88)14-5)78(70-93)91(97)99-64-54-50-46-42-34-30-26-22-18-12-3/h58-63,66-69H,10-57,64-65H2,1-8H3/b85-78+,87-86-,89-88+. The number of ether oxygens (including phenoxy) is 2. The zero-order valence-electron chi connectivity index (χ0n) is 65.8. The Balaban J connectivity index is 1.28. The van der Waals surface area contributed by atoms with Gasteiger partial charge in [-0.3, -0.25) is 4.79 Å². The Morgan fingerprint density at radius 1 is 0.417 bits per heavy atom. The third-order valence-electron chi connectivity index (χ3n) is 21.5. The minimum absolute atomic E-state index is 0.0800. The van der Waals surface area contributed by atoms with Crippen molar-refractivity contribution >= 4 is 79.0 Å². The fraction of sp³-hybridized carbons (Fsp3) is 0.630. The fourth-order valence-electron chi connectivity index (χ4n) is 15.4. The minimum atomic E-state index is -0.658. The van der Waals surface area contributed by atoms with Gasteiger partial charge in [0, 0.05) is 69.2 Å². The van der Waals surface area contributed by atoms with Crippen LogP contribution in [-0.4, -0.2) is 34.3 Å². The van der Waals surface area contributed by atoms with E-state index in [2.05, 4.69) is 124 Å². The molecule has 0 N–H and O–H groups in total. The van der Waals surface area contributed by atoms with Gasteiger partial charge in [0.1, 0.15) is 11.6 Å². The molecule has 0 amide bonds. The lowest BCUT2D eigenvalue weighted by atomic mass is 10.0. The number of rotatable bonds is 55. The lowest BCUT2D eigenvalue weighted by molar-refractivity contribution is -0.137. The second-order valence-electron chi connectivity index (χ2n) is 29.9. The van der Waals surface area contributed by atoms with Crippen molar-refractivity contribution in [3.05, 3.63) is 115 Å². The van der Waals surface area contributed by atoms with Gasteiger partial charge in [0.15, 0.2) is 0 Å². The highest BCUT2D eigenvalue weighted by atomic mass is 32.1. The zero-order chi connectivity index (χ0) is 73.2. The largest absolute Gasteiger partial charge is 0.471 e. The molecule has 564 valence electrons. The van der Waals surface area contributed by atoms with E-state index in [0.717, 1.165) is 90.7 Å². The maximum Gasteiger partial charge on any atom is 0.349 e. The molecule has 5 heterocycles. The van der Waals surface area contributed by atoms with Crippen LogP contribution < -0.4 is 10.4 Å². The Morgan fingerprint density at radius 2 is 0.816 bits per heavy atom. The van der Waals surface area contributed by atoms with Gasteiger partial charge in [-0.2, -0.15) is 5.26 Å². The Morgan fingerprint density at radius 3 is 1.28 bits per heavy atom. The number of carbonyl (C=O) groups excluding carboxylic acids is 2. The van der Waals surface area contributed by atoms with E-state index in [9.17, 15) is 14.9 Å². The van der Waals surface area contributed by atoms with Gasteiger partial charge in [0.05, 0.1) is 30.5 Å². The van der Waals surface area contributed by atoms with Crippen LogP contribution in [0.1, 0.15) is 346 Å². The topological polar surface area (TPSA) is 90.6 Å². The molecule has 0 spiro atoms. The van der Waals surface area contributed by atoms with Crippen molar-refractivity contribution in [3.8, 4) is 36.0 Å². The summed E-state index contributed by atoms with van der Waals surface area (Å²) in [5.74, 6) is -1.31. The summed E-state index contributed by atoms with van der Waals surface area (Å²) in [5, 5.41) is 15.0. The van der Waals surface area contributed by atoms with Crippen molar-refractivity contribution in [2.45, 2.75) is 364 Å². The van der Waals surface area contributed by atoms with E-state index in [1.165, 1.54) is 278 Å². The number of esters is 2. The number of hydrogen-bond donors (Lipinski definition) is 0. The summed E-state index contributed by atoms with van der Waals surface area (Å²) < 4.78 is 16.6. The summed E-state index contributed by atoms with van der Waals surface area (Å²) in [5.41, 5.74) is 6.56. The molecule has 103 heavy (non-hydrogen) atoms. The molecule has 0 atom stereocenters. The SMILES string of the molecule is [C-]#[N+]\C(C(=O)OCCCCCCCCCCCC)=c1/c(=c2/c(=C(\C#N)C(=O)OCCCCCCCCCCCC)c3ccc(C)cc3n2CC)n(CC)c2cc(-c3cc(CCCCCCCCCCCCCC)c(-c4ccc(-c5cc(CCCCCCCCCCCCCC)c(C)s5)s4)s3)ccc12. The summed E-state index contributed by atoms with van der Waals surface area (Å²) >= 11 is 5.77. The first-order chi connectivity index (χ1) is 50.6. The number of nitrogens with zero attached hydrogens (tertiary/aromatic N) is 4. The molecular weight excluding hydrogens is 1320 g/mol. The van der Waals surface area contributed by atoms with Crippen LogP contribution in [0.2, 0.25) is 0 Å². The predicted octanol–water partition coefficient (Wildman–Crippen LogP) is 27.8. The molecule has 0 aliphatic carbocycles. The van der Waals surface area contributed by atoms with E-state index < -0.39 is 11.9 Å². The maximum atomic E-state index is 14.9. The van der Waals surface area contributed by atoms with Crippen LogP contribution in [0.5, 0.6) is 0 Å². The molecule has 5 aromatic heterocycles. The van der Waals surface area contributed by atoms with Crippen molar-refractivity contribution in [2.75, 3.05) is 13.2 Å². The van der Waals surface area contributed by atoms with Gasteiger partial charge in [-0.1, -0.05) is 309 Å². The number of unbranched alkanes of at least 4 members (excludes halogenated alkanes) is 40. The van der Waals surface area contributed by atoms with Crippen LogP contribution in [0, 0.1) is 42.4 Å². The molecule has 0 saturated carbocycles. The Labute approximate surface area is 636 Å². The normalized spacial score (nSPS) is 12.6. The van der Waals surface area contributed by atoms with E-state index in [1.807, 2.05) is 46.1 Å². The van der Waals surface area contributed by atoms with Crippen LogP contribution in [-0.2, 0) is 45.0 Å². The Kier molecular flexibility index (Phi) is 40.4. The van der Waals surface area contributed by atoms with Gasteiger partial charge < -0.3 is 18.6 Å². The van der Waals surface area contributed by atoms with Gasteiger partial charge in [0.2, 0.25) is 0 Å². The highest BCUT2D eigenvalue weighted by molar-refractivity contribution is 7.27. The number of benzene rings is 2. The number of hydrogen-bond acceptors (Lipinski definition) is 8. The third kappa shape index (κ3) is 26.6. The number of aromatic nitrogens is 2. The first kappa shape index (κ1) is 84.5. The van der Waals surface area contributed by atoms with Crippen LogP contribution in [0.3, 0.4) is 0 Å². The molecule has 7 rings (SSSR count). The lowest BCUT2D eigenvalue weighted by Gasteiger charge is -2.07. The average Bonchev–Trinajstić information content (AvgIpc) is 1.56. The summed E-state index contributed by atoms with van der Waals surface area (Å²) in [7, 11) is 0. The number of thiophene rings is 3. The van der Waals surface area contributed by atoms with Crippen molar-refractivity contribution in [2.24, 2.45) is 0 Å². The molecule has 0 fully saturated rings. The molecule has 0 radical (unpaired) electrons. The third-order valence-corrected chi connectivity index (χ3v) is 25.3. The number of aryl methyl sites for hydroxylation is 6. The Bertz CT molecular complexity index is 3950. The summed E-state index contributed by atoms with van der Waals surface area (Å²) in [4.78, 5) is 41.7. The van der Waals surface area contributed by atoms with E-state index in [1.54, 1.807) is 0 Å². The molecule has 0 aliphatic heterocycles. The molecule has 0 aliphatic rings. The average molecular weight is 1460 g/mol. The van der Waals surface area contributed by atoms with Crippen molar-refractivity contribution in [3.63, 3.8) is 0 Å². The van der Waals surface area contributed by atoms with E-state index >= 15 is 0 Å². The molecule has 7 aromatic rings. The van der Waals surface area contributed by atoms with Gasteiger partial charge in [-0.05, 0) is 130 Å². The molecule has 0 saturated heterocycles. The van der Waals surface area contributed by atoms with Crippen molar-refractivity contribution in [1.82, 2.24) is 9.13 Å². The first-order valence-electron chi connectivity index (χ1n) is 42.1. The second kappa shape index (κ2) is 49.2. The Hall–Kier alpha value is -5.72. The number of carbonyl (C=O) groups is 2. The monoisotopic (exact) mass is 1450 g/mol. The molecular formula is C92H134N4O4S3. The van der Waals surface area contributed by atoms with Crippen LogP contribution in [0.25, 0.3) is 67.9 Å². The first-order valence-corrected chi connectivity index (χ1v) is 44.5. The predicted molar refractivity (Wildman–Crippen MR) is 446 cm³/mol. The highest BCUT2D eigenvalue weighted by Gasteiger charge is 2.25. The lowest BCUT2D eigenvalue weighted by Crippen LogP contribution is -2.22. The second-order valence-corrected chi connectivity index (χ2v) is 33.3. The van der Waals surface area contributed by atoms with E-state index in [-0.39, 0.29) is 24.5 Å². The molecule has 2 aromatic carbocycles. The smallest absolute Gasteiger partial charge is 0.349 e. The number of nitriles is 1. The van der Waals surface area contributed by atoms with Crippen molar-refractivity contribution in [1.29, 1.82) is 5.26 Å². The van der Waals surface area contributed by atoms with E-state index in [0.29, 0.717) is 34.2 Å². The molecule has 8 nitrogen and oxygen atoms in total. The molecule has 0 bridgehead atoms. The minimum Gasteiger partial charge on any atom is -0.471 e. The van der Waals surface area contributed by atoms with Gasteiger partial charge in [0.25, 0.3) is 5.70 Å². The van der Waals surface area contributed by atoms with E-state index in [4.69, 9.17) is 16.0 Å². The van der Waals surface area contributed by atoms with Crippen LogP contribution in [0.15, 0.2) is 60.7 Å². The zero-order valence-corrected chi connectivity index (χ0v) is 68.2.